The molecule has 0 aliphatic heterocycles. The molecule has 3 aromatic carbocycles. The smallest absolute Gasteiger partial charge is 0.258 e. The number of benzene rings is 3. The van der Waals surface area contributed by atoms with Gasteiger partial charge in [0.05, 0.1) is 0 Å². The molecular formula is C41H40N2O2S3. The van der Waals surface area contributed by atoms with Crippen molar-refractivity contribution in [1.29, 1.82) is 0 Å². The van der Waals surface area contributed by atoms with Gasteiger partial charge in [0.2, 0.25) is 0 Å². The molecule has 0 radical (unpaired) electrons. The Morgan fingerprint density at radius 1 is 0.562 bits per heavy atom. The minimum Gasteiger partial charge on any atom is -0.311 e. The van der Waals surface area contributed by atoms with Gasteiger partial charge in [0.1, 0.15) is 0 Å². The molecule has 48 heavy (non-hydrogen) atoms. The van der Waals surface area contributed by atoms with Crippen LogP contribution in [0.2, 0.25) is 0 Å². The van der Waals surface area contributed by atoms with Gasteiger partial charge in [-0.25, -0.2) is 0 Å². The first-order chi connectivity index (χ1) is 23.5. The first kappa shape index (κ1) is 33.6. The highest BCUT2D eigenvalue weighted by Crippen LogP contribution is 2.42. The molecule has 3 aromatic heterocycles. The summed E-state index contributed by atoms with van der Waals surface area (Å²) in [7, 11) is 1.80. The van der Waals surface area contributed by atoms with Crippen molar-refractivity contribution in [1.82, 2.24) is 0 Å². The molecule has 6 aromatic rings. The Labute approximate surface area is 295 Å². The molecule has 0 spiro atoms. The molecule has 3 heterocycles. The fourth-order valence-electron chi connectivity index (χ4n) is 5.78. The molecule has 0 aliphatic rings. The zero-order chi connectivity index (χ0) is 33.3. The van der Waals surface area contributed by atoms with Crippen molar-refractivity contribution in [2.45, 2.75) is 45.4 Å². The third-order valence-electron chi connectivity index (χ3n) is 8.43. The number of rotatable bonds is 14. The van der Waals surface area contributed by atoms with E-state index < -0.39 is 0 Å². The molecule has 0 saturated carbocycles. The maximum Gasteiger partial charge on any atom is 0.258 e. The Balaban J connectivity index is 1.38. The number of thiophene rings is 3. The third-order valence-corrected chi connectivity index (χ3v) is 11.9. The fourth-order valence-corrected chi connectivity index (χ4v) is 8.70. The largest absolute Gasteiger partial charge is 0.311 e. The Kier molecular flexibility index (Phi) is 11.3. The van der Waals surface area contributed by atoms with Crippen LogP contribution in [0.4, 0.5) is 11.4 Å². The summed E-state index contributed by atoms with van der Waals surface area (Å²) in [5.41, 5.74) is 3.68. The minimum atomic E-state index is -0.119. The van der Waals surface area contributed by atoms with E-state index in [1.807, 2.05) is 77.7 Å². The average molecular weight is 689 g/mol. The first-order valence-corrected chi connectivity index (χ1v) is 19.1. The maximum absolute atomic E-state index is 14.1. The van der Waals surface area contributed by atoms with Crippen LogP contribution in [0.15, 0.2) is 121 Å². The molecular weight excluding hydrogens is 649 g/mol. The summed E-state index contributed by atoms with van der Waals surface area (Å²) < 4.78 is 0. The van der Waals surface area contributed by atoms with E-state index in [2.05, 4.69) is 54.8 Å². The van der Waals surface area contributed by atoms with Crippen LogP contribution in [0.25, 0.3) is 29.9 Å². The molecule has 0 unspecified atom stereocenters. The highest BCUT2D eigenvalue weighted by atomic mass is 32.1. The van der Waals surface area contributed by atoms with Crippen molar-refractivity contribution in [3.8, 4) is 29.9 Å². The average Bonchev–Trinajstić information content (AvgIpc) is 3.94. The predicted molar refractivity (Wildman–Crippen MR) is 207 cm³/mol. The number of nitrogens with zero attached hydrogens (tertiary/aromatic N) is 2. The normalized spacial score (nSPS) is 11.0. The van der Waals surface area contributed by atoms with E-state index >= 15 is 0 Å². The van der Waals surface area contributed by atoms with Crippen LogP contribution in [-0.2, 0) is 0 Å². The number of anilines is 2. The Bertz CT molecular complexity index is 1930. The topological polar surface area (TPSA) is 40.6 Å². The molecule has 6 rings (SSSR count). The highest BCUT2D eigenvalue weighted by molar-refractivity contribution is 7.27. The van der Waals surface area contributed by atoms with Crippen LogP contribution in [0.3, 0.4) is 0 Å². The Morgan fingerprint density at radius 3 is 1.88 bits per heavy atom. The Morgan fingerprint density at radius 2 is 1.19 bits per heavy atom. The van der Waals surface area contributed by atoms with Gasteiger partial charge in [0.25, 0.3) is 11.8 Å². The summed E-state index contributed by atoms with van der Waals surface area (Å²) in [6.45, 7) is 2.81. The lowest BCUT2D eigenvalue weighted by atomic mass is 10.0. The standard InChI is InChI=1S/C41H40N2O2S3/c1-3-4-5-6-7-14-25-43(41(45)30-16-10-8-11-17-30)34-28-31(27-32(29-34)40(44)42(2)33-18-12-9-13-19-33)35-21-22-38(47-35)39-24-23-37(48-39)36-20-15-26-46-36/h8-13,15-24,26-29H,3-7,14,25H2,1-2H3. The molecule has 2 amide bonds. The monoisotopic (exact) mass is 688 g/mol. The number of carbonyl (C=O) groups is 2. The number of unbranched alkanes of at least 4 members (excludes halogenated alkanes) is 5. The molecule has 4 nitrogen and oxygen atoms in total. The van der Waals surface area contributed by atoms with Gasteiger partial charge >= 0.3 is 0 Å². The minimum absolute atomic E-state index is 0.0531. The maximum atomic E-state index is 14.1. The van der Waals surface area contributed by atoms with Crippen LogP contribution in [0.1, 0.15) is 66.2 Å². The lowest BCUT2D eigenvalue weighted by molar-refractivity contribution is 0.0978. The number of amides is 2. The van der Waals surface area contributed by atoms with Crippen LogP contribution in [0.5, 0.6) is 0 Å². The van der Waals surface area contributed by atoms with Gasteiger partial charge < -0.3 is 9.80 Å². The molecule has 0 aliphatic carbocycles. The van der Waals surface area contributed by atoms with Gasteiger partial charge in [-0.1, -0.05) is 81.5 Å². The second-order valence-electron chi connectivity index (χ2n) is 11.9. The predicted octanol–water partition coefficient (Wildman–Crippen LogP) is 12.2. The SMILES string of the molecule is CCCCCCCCN(C(=O)c1ccccc1)c1cc(C(=O)N(C)c2ccccc2)cc(-c2ccc(-c3ccc(-c4cccs4)s3)s2)c1. The molecule has 0 atom stereocenters. The number of para-hydroxylation sites is 1. The van der Waals surface area contributed by atoms with Crippen molar-refractivity contribution < 1.29 is 9.59 Å². The van der Waals surface area contributed by atoms with Crippen molar-refractivity contribution in [3.05, 3.63) is 132 Å². The van der Waals surface area contributed by atoms with Crippen LogP contribution in [0, 0.1) is 0 Å². The molecule has 244 valence electrons. The van der Waals surface area contributed by atoms with Gasteiger partial charge in [-0.2, -0.15) is 0 Å². The zero-order valence-electron chi connectivity index (χ0n) is 27.4. The van der Waals surface area contributed by atoms with E-state index in [0.29, 0.717) is 17.7 Å². The van der Waals surface area contributed by atoms with E-state index in [1.165, 1.54) is 38.8 Å². The van der Waals surface area contributed by atoms with Gasteiger partial charge in [-0.3, -0.25) is 9.59 Å². The van der Waals surface area contributed by atoms with Crippen molar-refractivity contribution in [2.24, 2.45) is 0 Å². The zero-order valence-corrected chi connectivity index (χ0v) is 29.9. The van der Waals surface area contributed by atoms with Gasteiger partial charge in [0.15, 0.2) is 0 Å². The quantitative estimate of drug-likeness (QED) is 0.107. The lowest BCUT2D eigenvalue weighted by Crippen LogP contribution is -2.32. The van der Waals surface area contributed by atoms with Crippen molar-refractivity contribution in [3.63, 3.8) is 0 Å². The summed E-state index contributed by atoms with van der Waals surface area (Å²) in [4.78, 5) is 37.7. The van der Waals surface area contributed by atoms with Crippen LogP contribution in [-0.4, -0.2) is 25.4 Å². The third kappa shape index (κ3) is 8.04. The Hall–Kier alpha value is -4.30. The van der Waals surface area contributed by atoms with Crippen molar-refractivity contribution in [2.75, 3.05) is 23.4 Å². The van der Waals surface area contributed by atoms with E-state index in [4.69, 9.17) is 0 Å². The molecule has 0 saturated heterocycles. The lowest BCUT2D eigenvalue weighted by Gasteiger charge is -2.25. The van der Waals surface area contributed by atoms with Crippen LogP contribution >= 0.6 is 34.0 Å². The van der Waals surface area contributed by atoms with Crippen molar-refractivity contribution >= 4 is 57.2 Å². The second kappa shape index (κ2) is 16.2. The fraction of sp³-hybridized carbons (Fsp3) is 0.220. The van der Waals surface area contributed by atoms with Gasteiger partial charge in [-0.15, -0.1) is 34.0 Å². The van der Waals surface area contributed by atoms with E-state index in [0.717, 1.165) is 41.1 Å². The van der Waals surface area contributed by atoms with Gasteiger partial charge in [0, 0.05) is 60.5 Å². The number of hydrogen-bond donors (Lipinski definition) is 0. The first-order valence-electron chi connectivity index (χ1n) is 16.6. The summed E-state index contributed by atoms with van der Waals surface area (Å²) in [5, 5.41) is 2.11. The summed E-state index contributed by atoms with van der Waals surface area (Å²) in [6.07, 6.45) is 6.76. The molecule has 0 bridgehead atoms. The number of carbonyl (C=O) groups excluding carboxylic acids is 2. The summed E-state index contributed by atoms with van der Waals surface area (Å²) in [6, 6.07) is 38.0. The molecule has 0 N–H and O–H groups in total. The number of hydrogen-bond acceptors (Lipinski definition) is 5. The van der Waals surface area contributed by atoms with Crippen LogP contribution < -0.4 is 9.80 Å². The summed E-state index contributed by atoms with van der Waals surface area (Å²) in [5.74, 6) is -0.172. The van der Waals surface area contributed by atoms with E-state index in [9.17, 15) is 9.59 Å². The van der Waals surface area contributed by atoms with E-state index in [1.54, 1.807) is 46.0 Å². The molecule has 7 heteroatoms. The highest BCUT2D eigenvalue weighted by Gasteiger charge is 2.22. The molecule has 0 fully saturated rings. The second-order valence-corrected chi connectivity index (χ2v) is 15.0. The summed E-state index contributed by atoms with van der Waals surface area (Å²) >= 11 is 5.26. The van der Waals surface area contributed by atoms with E-state index in [-0.39, 0.29) is 11.8 Å². The van der Waals surface area contributed by atoms with Gasteiger partial charge in [-0.05, 0) is 90.2 Å².